The summed E-state index contributed by atoms with van der Waals surface area (Å²) in [5, 5.41) is 13.8. The molecule has 1 atom stereocenters. The molecule has 0 spiro atoms. The Morgan fingerprint density at radius 1 is 0.981 bits per heavy atom. The first-order chi connectivity index (χ1) is 25.1. The lowest BCUT2D eigenvalue weighted by Gasteiger charge is -2.26. The van der Waals surface area contributed by atoms with Gasteiger partial charge in [-0.3, -0.25) is 10.4 Å². The second kappa shape index (κ2) is 17.9. The Morgan fingerprint density at radius 3 is 2.42 bits per heavy atom. The van der Waals surface area contributed by atoms with Crippen molar-refractivity contribution in [3.05, 3.63) is 83.6 Å². The zero-order valence-corrected chi connectivity index (χ0v) is 27.9. The van der Waals surface area contributed by atoms with Gasteiger partial charge in [-0.2, -0.15) is 13.2 Å². The molecule has 0 amide bonds. The van der Waals surface area contributed by atoms with E-state index < -0.39 is 35.4 Å². The maximum Gasteiger partial charge on any atom is 0.417 e. The number of nitrogens with one attached hydrogen (secondary N) is 1. The van der Waals surface area contributed by atoms with Gasteiger partial charge in [0, 0.05) is 17.8 Å². The third kappa shape index (κ3) is 9.44. The zero-order valence-electron chi connectivity index (χ0n) is 27.9. The van der Waals surface area contributed by atoms with E-state index in [1.54, 1.807) is 0 Å². The zero-order chi connectivity index (χ0) is 37.1. The number of halogens is 5. The number of hydrazine groups is 1. The maximum absolute atomic E-state index is 14.5. The summed E-state index contributed by atoms with van der Waals surface area (Å²) in [6.45, 7) is 2.98. The molecule has 13 nitrogen and oxygen atoms in total. The number of fused-ring (bicyclic) bond motifs is 1. The summed E-state index contributed by atoms with van der Waals surface area (Å²) in [5.74, 6) is -3.07. The highest BCUT2D eigenvalue weighted by atomic mass is 19.4. The number of anilines is 2. The summed E-state index contributed by atoms with van der Waals surface area (Å²) in [4.78, 5) is 17.9. The van der Waals surface area contributed by atoms with Gasteiger partial charge >= 0.3 is 12.1 Å². The molecule has 0 saturated heterocycles. The van der Waals surface area contributed by atoms with Gasteiger partial charge in [-0.25, -0.2) is 18.6 Å². The Balaban J connectivity index is 1.36. The molecule has 52 heavy (non-hydrogen) atoms. The van der Waals surface area contributed by atoms with Crippen molar-refractivity contribution in [2.24, 2.45) is 0 Å². The van der Waals surface area contributed by atoms with Crippen LogP contribution in [-0.4, -0.2) is 85.2 Å². The second-order valence-corrected chi connectivity index (χ2v) is 11.1. The molecular formula is C34H36F5N5O8. The molecule has 0 aliphatic carbocycles. The predicted octanol–water partition coefficient (Wildman–Crippen LogP) is 5.62. The quantitative estimate of drug-likeness (QED) is 0.0701. The second-order valence-electron chi connectivity index (χ2n) is 11.1. The number of ether oxygens (including phenoxy) is 5. The molecule has 2 aromatic carbocycles. The highest BCUT2D eigenvalue weighted by molar-refractivity contribution is 5.80. The van der Waals surface area contributed by atoms with E-state index in [-0.39, 0.29) is 86.2 Å². The summed E-state index contributed by atoms with van der Waals surface area (Å²) in [6.07, 6.45) is -0.0854. The van der Waals surface area contributed by atoms with Gasteiger partial charge in [-0.15, -0.1) is 0 Å². The van der Waals surface area contributed by atoms with Crippen LogP contribution in [0.5, 0.6) is 5.75 Å². The van der Waals surface area contributed by atoms with Gasteiger partial charge in [-0.1, -0.05) is 18.1 Å². The summed E-state index contributed by atoms with van der Waals surface area (Å²) in [5.41, 5.74) is 1.44. The number of carbonyl (C=O) groups excluding carboxylic acids is 1. The molecule has 2 aromatic heterocycles. The minimum absolute atomic E-state index is 0.0104. The van der Waals surface area contributed by atoms with Crippen LogP contribution in [0, 0.1) is 11.6 Å². The number of hydrogen-bond donors (Lipinski definition) is 2. The fourth-order valence-electron chi connectivity index (χ4n) is 5.03. The molecule has 1 aliphatic heterocycles. The van der Waals surface area contributed by atoms with Gasteiger partial charge in [0.2, 0.25) is 0 Å². The standard InChI is InChI=1S/C34H36F5N5O8/c1-2-11-50-22-6-7-23(24(19-22)34(37,38)39)26-20-29(52-42-26)31(33(46)51-18-17-49-16-15-48-14-13-47-12-10-45)43-21-40-32-28(43)8-9-44(41-32)27-5-3-4-25(35)30(27)36/h3-9,19-21,31,41,45H,2,10-18H2,1H3. The summed E-state index contributed by atoms with van der Waals surface area (Å²) < 4.78 is 105. The highest BCUT2D eigenvalue weighted by Gasteiger charge is 2.37. The number of aromatic nitrogens is 3. The van der Waals surface area contributed by atoms with Gasteiger partial charge in [-0.05, 0) is 42.8 Å². The maximum atomic E-state index is 14.5. The van der Waals surface area contributed by atoms with Crippen molar-refractivity contribution < 1.29 is 60.1 Å². The third-order valence-corrected chi connectivity index (χ3v) is 7.43. The predicted molar refractivity (Wildman–Crippen MR) is 175 cm³/mol. The summed E-state index contributed by atoms with van der Waals surface area (Å²) in [6, 6.07) is 6.85. The highest BCUT2D eigenvalue weighted by Crippen LogP contribution is 2.40. The van der Waals surface area contributed by atoms with Gasteiger partial charge < -0.3 is 37.9 Å². The molecule has 18 heteroatoms. The van der Waals surface area contributed by atoms with E-state index in [0.29, 0.717) is 19.6 Å². The van der Waals surface area contributed by atoms with Crippen LogP contribution in [0.25, 0.3) is 17.3 Å². The van der Waals surface area contributed by atoms with Crippen molar-refractivity contribution in [3.8, 4) is 17.0 Å². The Kier molecular flexibility index (Phi) is 13.2. The van der Waals surface area contributed by atoms with Gasteiger partial charge in [0.15, 0.2) is 29.3 Å². The minimum atomic E-state index is -4.77. The van der Waals surface area contributed by atoms with Crippen LogP contribution >= 0.6 is 0 Å². The molecule has 0 saturated carbocycles. The minimum Gasteiger partial charge on any atom is -0.494 e. The van der Waals surface area contributed by atoms with Crippen molar-refractivity contribution in [1.29, 1.82) is 0 Å². The number of hydrogen-bond acceptors (Lipinski definition) is 12. The van der Waals surface area contributed by atoms with Crippen LogP contribution in [0.1, 0.15) is 36.4 Å². The molecule has 5 rings (SSSR count). The van der Waals surface area contributed by atoms with Gasteiger partial charge in [0.1, 0.15) is 23.7 Å². The van der Waals surface area contributed by atoms with Gasteiger partial charge in [0.25, 0.3) is 0 Å². The topological polar surface area (TPSA) is 143 Å². The average molecular weight is 738 g/mol. The van der Waals surface area contributed by atoms with E-state index in [4.69, 9.17) is 33.3 Å². The van der Waals surface area contributed by atoms with Crippen molar-refractivity contribution >= 4 is 23.6 Å². The molecule has 1 unspecified atom stereocenters. The van der Waals surface area contributed by atoms with E-state index in [2.05, 4.69) is 15.6 Å². The van der Waals surface area contributed by atoms with Crippen LogP contribution in [-0.2, 0) is 29.9 Å². The van der Waals surface area contributed by atoms with Crippen molar-refractivity contribution in [1.82, 2.24) is 14.7 Å². The summed E-state index contributed by atoms with van der Waals surface area (Å²) in [7, 11) is 0. The first kappa shape index (κ1) is 38.2. The number of aliphatic hydroxyl groups is 1. The van der Waals surface area contributed by atoms with Crippen LogP contribution in [0.3, 0.4) is 0 Å². The van der Waals surface area contributed by atoms with Crippen molar-refractivity contribution in [2.45, 2.75) is 25.6 Å². The fourth-order valence-corrected chi connectivity index (χ4v) is 5.03. The number of nitrogens with zero attached hydrogens (tertiary/aromatic N) is 4. The largest absolute Gasteiger partial charge is 0.494 e. The molecule has 3 heterocycles. The normalized spacial score (nSPS) is 13.2. The smallest absolute Gasteiger partial charge is 0.417 e. The first-order valence-electron chi connectivity index (χ1n) is 16.2. The number of benzene rings is 2. The summed E-state index contributed by atoms with van der Waals surface area (Å²) >= 11 is 0. The van der Waals surface area contributed by atoms with E-state index in [9.17, 15) is 26.7 Å². The molecule has 4 aromatic rings. The molecule has 0 bridgehead atoms. The Labute approximate surface area is 294 Å². The fraction of sp³-hybridized carbons (Fsp3) is 0.382. The molecule has 0 radical (unpaired) electrons. The first-order valence-corrected chi connectivity index (χ1v) is 16.2. The van der Waals surface area contributed by atoms with E-state index >= 15 is 0 Å². The monoisotopic (exact) mass is 737 g/mol. The van der Waals surface area contributed by atoms with E-state index in [0.717, 1.165) is 12.1 Å². The van der Waals surface area contributed by atoms with Crippen LogP contribution < -0.4 is 15.2 Å². The molecule has 0 fully saturated rings. The van der Waals surface area contributed by atoms with E-state index in [1.165, 1.54) is 58.5 Å². The molecule has 1 aliphatic rings. The van der Waals surface area contributed by atoms with Crippen molar-refractivity contribution in [2.75, 3.05) is 69.9 Å². The number of imidazole rings is 1. The lowest BCUT2D eigenvalue weighted by atomic mass is 10.0. The van der Waals surface area contributed by atoms with Crippen molar-refractivity contribution in [3.63, 3.8) is 0 Å². The van der Waals surface area contributed by atoms with Crippen LogP contribution in [0.4, 0.5) is 33.5 Å². The third-order valence-electron chi connectivity index (χ3n) is 7.43. The van der Waals surface area contributed by atoms with Crippen LogP contribution in [0.15, 0.2) is 59.5 Å². The molecular weight excluding hydrogens is 701 g/mol. The number of esters is 1. The lowest BCUT2D eigenvalue weighted by molar-refractivity contribution is -0.148. The Bertz CT molecular complexity index is 1810. The van der Waals surface area contributed by atoms with E-state index in [1.807, 2.05) is 6.92 Å². The average Bonchev–Trinajstić information content (AvgIpc) is 3.78. The number of alkyl halides is 3. The Hall–Kier alpha value is -5.04. The Morgan fingerprint density at radius 2 is 1.71 bits per heavy atom. The van der Waals surface area contributed by atoms with Gasteiger partial charge in [0.05, 0.1) is 70.4 Å². The van der Waals surface area contributed by atoms with Crippen LogP contribution in [0.2, 0.25) is 0 Å². The SMILES string of the molecule is CCCOc1ccc(-c2cc(C(C(=O)OCCOCCOCCOCCO)n3cnc4c3C=CN(c3cccc(F)c3F)N4)on2)c(C(F)(F)F)c1. The lowest BCUT2D eigenvalue weighted by Crippen LogP contribution is -2.29. The molecule has 2 N–H and O–H groups in total. The number of aliphatic hydroxyl groups excluding tert-OH is 1. The number of carbonyl (C=O) groups is 1. The number of rotatable bonds is 19. The molecule has 280 valence electrons.